The SMILES string of the molecule is Cc1ccc(-n2nnc(C=O)c2/C=C/c2ccc(F)cc2)cc1. The van der Waals surface area contributed by atoms with Gasteiger partial charge in [-0.15, -0.1) is 5.10 Å². The number of hydrogen-bond acceptors (Lipinski definition) is 3. The first-order valence-electron chi connectivity index (χ1n) is 7.09. The maximum absolute atomic E-state index is 12.9. The molecule has 1 aromatic heterocycles. The maximum atomic E-state index is 12.9. The Balaban J connectivity index is 2.00. The van der Waals surface area contributed by atoms with Gasteiger partial charge in [0.25, 0.3) is 0 Å². The molecular weight excluding hydrogens is 293 g/mol. The van der Waals surface area contributed by atoms with E-state index in [1.54, 1.807) is 29.0 Å². The summed E-state index contributed by atoms with van der Waals surface area (Å²) in [6.45, 7) is 2.00. The van der Waals surface area contributed by atoms with Crippen LogP contribution in [0, 0.1) is 12.7 Å². The van der Waals surface area contributed by atoms with Crippen LogP contribution in [0.2, 0.25) is 0 Å². The van der Waals surface area contributed by atoms with Crippen LogP contribution in [0.15, 0.2) is 48.5 Å². The molecule has 23 heavy (non-hydrogen) atoms. The number of aromatic nitrogens is 3. The molecule has 0 unspecified atom stereocenters. The fourth-order valence-corrected chi connectivity index (χ4v) is 2.17. The Morgan fingerprint density at radius 2 is 1.70 bits per heavy atom. The summed E-state index contributed by atoms with van der Waals surface area (Å²) in [6, 6.07) is 13.8. The summed E-state index contributed by atoms with van der Waals surface area (Å²) >= 11 is 0. The van der Waals surface area contributed by atoms with Crippen molar-refractivity contribution in [2.24, 2.45) is 0 Å². The lowest BCUT2D eigenvalue weighted by atomic mass is 10.2. The zero-order chi connectivity index (χ0) is 16.2. The number of halogens is 1. The number of carbonyl (C=O) groups is 1. The summed E-state index contributed by atoms with van der Waals surface area (Å²) < 4.78 is 14.5. The lowest BCUT2D eigenvalue weighted by Crippen LogP contribution is -1.99. The van der Waals surface area contributed by atoms with Crippen LogP contribution in [-0.2, 0) is 0 Å². The van der Waals surface area contributed by atoms with Crippen molar-refractivity contribution in [1.82, 2.24) is 15.0 Å². The molecule has 0 bridgehead atoms. The standard InChI is InChI=1S/C18H14FN3O/c1-13-2-9-16(10-3-13)22-18(17(12-23)20-21-22)11-6-14-4-7-15(19)8-5-14/h2-12H,1H3/b11-6+. The van der Waals surface area contributed by atoms with Gasteiger partial charge in [-0.1, -0.05) is 41.1 Å². The molecule has 0 amide bonds. The van der Waals surface area contributed by atoms with Gasteiger partial charge in [-0.05, 0) is 42.8 Å². The fourth-order valence-electron chi connectivity index (χ4n) is 2.17. The average molecular weight is 307 g/mol. The third-order valence-corrected chi connectivity index (χ3v) is 3.43. The normalized spacial score (nSPS) is 11.0. The van der Waals surface area contributed by atoms with E-state index < -0.39 is 0 Å². The van der Waals surface area contributed by atoms with E-state index in [0.717, 1.165) is 16.8 Å². The van der Waals surface area contributed by atoms with Crippen LogP contribution in [0.4, 0.5) is 4.39 Å². The van der Waals surface area contributed by atoms with Gasteiger partial charge in [0.05, 0.1) is 11.4 Å². The minimum absolute atomic E-state index is 0.254. The largest absolute Gasteiger partial charge is 0.296 e. The van der Waals surface area contributed by atoms with E-state index in [2.05, 4.69) is 10.3 Å². The van der Waals surface area contributed by atoms with E-state index in [9.17, 15) is 9.18 Å². The summed E-state index contributed by atoms with van der Waals surface area (Å²) in [5.41, 5.74) is 3.60. The molecule has 114 valence electrons. The van der Waals surface area contributed by atoms with E-state index >= 15 is 0 Å². The Bertz CT molecular complexity index is 849. The number of nitrogens with zero attached hydrogens (tertiary/aromatic N) is 3. The van der Waals surface area contributed by atoms with Gasteiger partial charge in [-0.2, -0.15) is 0 Å². The Morgan fingerprint density at radius 3 is 2.35 bits per heavy atom. The van der Waals surface area contributed by atoms with Gasteiger partial charge >= 0.3 is 0 Å². The van der Waals surface area contributed by atoms with Gasteiger partial charge in [0.1, 0.15) is 5.82 Å². The summed E-state index contributed by atoms with van der Waals surface area (Å²) in [6.07, 6.45) is 4.20. The van der Waals surface area contributed by atoms with Crippen LogP contribution in [0.3, 0.4) is 0 Å². The van der Waals surface area contributed by atoms with E-state index in [4.69, 9.17) is 0 Å². The Kier molecular flexibility index (Phi) is 4.10. The Morgan fingerprint density at radius 1 is 1.00 bits per heavy atom. The molecule has 0 saturated heterocycles. The molecule has 0 saturated carbocycles. The first kappa shape index (κ1) is 14.8. The lowest BCUT2D eigenvalue weighted by molar-refractivity contribution is 0.111. The van der Waals surface area contributed by atoms with Gasteiger partial charge in [0.2, 0.25) is 0 Å². The highest BCUT2D eigenvalue weighted by molar-refractivity contribution is 5.81. The molecule has 0 atom stereocenters. The maximum Gasteiger partial charge on any atom is 0.172 e. The zero-order valence-corrected chi connectivity index (χ0v) is 12.5. The zero-order valence-electron chi connectivity index (χ0n) is 12.5. The molecule has 1 heterocycles. The van der Waals surface area contributed by atoms with Gasteiger partial charge < -0.3 is 0 Å². The Hall–Kier alpha value is -3.08. The second-order valence-electron chi connectivity index (χ2n) is 5.11. The third kappa shape index (κ3) is 3.23. The van der Waals surface area contributed by atoms with Crippen LogP contribution < -0.4 is 0 Å². The van der Waals surface area contributed by atoms with Crippen molar-refractivity contribution in [3.63, 3.8) is 0 Å². The van der Waals surface area contributed by atoms with Crippen molar-refractivity contribution in [2.75, 3.05) is 0 Å². The summed E-state index contributed by atoms with van der Waals surface area (Å²) in [5.74, 6) is -0.290. The second-order valence-corrected chi connectivity index (χ2v) is 5.11. The number of rotatable bonds is 4. The third-order valence-electron chi connectivity index (χ3n) is 3.43. The van der Waals surface area contributed by atoms with Gasteiger partial charge in [0, 0.05) is 0 Å². The van der Waals surface area contributed by atoms with Gasteiger partial charge in [0.15, 0.2) is 12.0 Å². The number of aryl methyl sites for hydroxylation is 1. The molecule has 0 aliphatic rings. The molecule has 3 aromatic rings. The van der Waals surface area contributed by atoms with E-state index in [0.29, 0.717) is 12.0 Å². The van der Waals surface area contributed by atoms with Crippen molar-refractivity contribution in [3.8, 4) is 5.69 Å². The van der Waals surface area contributed by atoms with Gasteiger partial charge in [-0.25, -0.2) is 9.07 Å². The molecule has 0 N–H and O–H groups in total. The molecule has 0 spiro atoms. The molecule has 2 aromatic carbocycles. The first-order valence-corrected chi connectivity index (χ1v) is 7.09. The van der Waals surface area contributed by atoms with Crippen molar-refractivity contribution in [1.29, 1.82) is 0 Å². The highest BCUT2D eigenvalue weighted by Crippen LogP contribution is 2.16. The lowest BCUT2D eigenvalue weighted by Gasteiger charge is -2.04. The van der Waals surface area contributed by atoms with Crippen LogP contribution in [-0.4, -0.2) is 21.3 Å². The number of carbonyl (C=O) groups excluding carboxylic acids is 1. The minimum atomic E-state index is -0.290. The molecule has 4 nitrogen and oxygen atoms in total. The van der Waals surface area contributed by atoms with Crippen molar-refractivity contribution in [3.05, 3.63) is 76.9 Å². The number of hydrogen-bond donors (Lipinski definition) is 0. The minimum Gasteiger partial charge on any atom is -0.296 e. The molecule has 0 aliphatic carbocycles. The predicted molar refractivity (Wildman–Crippen MR) is 86.8 cm³/mol. The topological polar surface area (TPSA) is 47.8 Å². The van der Waals surface area contributed by atoms with Crippen LogP contribution in [0.5, 0.6) is 0 Å². The molecule has 0 fully saturated rings. The van der Waals surface area contributed by atoms with Crippen LogP contribution in [0.1, 0.15) is 27.3 Å². The highest BCUT2D eigenvalue weighted by atomic mass is 19.1. The van der Waals surface area contributed by atoms with Crippen LogP contribution >= 0.6 is 0 Å². The summed E-state index contributed by atoms with van der Waals surface area (Å²) in [5, 5.41) is 7.93. The van der Waals surface area contributed by atoms with Gasteiger partial charge in [-0.3, -0.25) is 4.79 Å². The molecule has 5 heteroatoms. The average Bonchev–Trinajstić information content (AvgIpc) is 2.98. The summed E-state index contributed by atoms with van der Waals surface area (Å²) in [4.78, 5) is 11.2. The van der Waals surface area contributed by atoms with Crippen molar-refractivity contribution >= 4 is 18.4 Å². The van der Waals surface area contributed by atoms with E-state index in [1.165, 1.54) is 12.1 Å². The summed E-state index contributed by atoms with van der Waals surface area (Å²) in [7, 11) is 0. The van der Waals surface area contributed by atoms with E-state index in [-0.39, 0.29) is 11.5 Å². The van der Waals surface area contributed by atoms with Crippen LogP contribution in [0.25, 0.3) is 17.8 Å². The first-order chi connectivity index (χ1) is 11.2. The molecule has 0 aliphatic heterocycles. The molecular formula is C18H14FN3O. The molecule has 3 rings (SSSR count). The van der Waals surface area contributed by atoms with Crippen molar-refractivity contribution < 1.29 is 9.18 Å². The van der Waals surface area contributed by atoms with Crippen molar-refractivity contribution in [2.45, 2.75) is 6.92 Å². The van der Waals surface area contributed by atoms with E-state index in [1.807, 2.05) is 31.2 Å². The smallest absolute Gasteiger partial charge is 0.172 e. The quantitative estimate of drug-likeness (QED) is 0.691. The number of aldehydes is 1. The second kappa shape index (κ2) is 6.36. The highest BCUT2D eigenvalue weighted by Gasteiger charge is 2.11. The monoisotopic (exact) mass is 307 g/mol. The Labute approximate surface area is 132 Å². The fraction of sp³-hybridized carbons (Fsp3) is 0.0556. The number of benzene rings is 2. The predicted octanol–water partition coefficient (Wildman–Crippen LogP) is 3.70. The molecule has 0 radical (unpaired) electrons.